The Bertz CT molecular complexity index is 309. The van der Waals surface area contributed by atoms with Crippen LogP contribution < -0.4 is 0 Å². The third-order valence-corrected chi connectivity index (χ3v) is 3.31. The summed E-state index contributed by atoms with van der Waals surface area (Å²) in [5.41, 5.74) is 1.17. The number of benzene rings is 1. The molecule has 0 spiro atoms. The van der Waals surface area contributed by atoms with Crippen molar-refractivity contribution in [2.24, 2.45) is 5.41 Å². The maximum atomic E-state index is 9.32. The SMILES string of the molecule is COC1C(c2ccccc2)C1(C)CO. The van der Waals surface area contributed by atoms with Gasteiger partial charge >= 0.3 is 0 Å². The van der Waals surface area contributed by atoms with E-state index in [0.717, 1.165) is 0 Å². The van der Waals surface area contributed by atoms with E-state index in [1.54, 1.807) is 7.11 Å². The molecule has 0 heterocycles. The molecular formula is C12H16O2. The third kappa shape index (κ3) is 1.26. The standard InChI is InChI=1S/C12H16O2/c1-12(8-13)10(11(12)14-2)9-6-4-3-5-7-9/h3-7,10-11,13H,8H2,1-2H3. The molecule has 1 saturated carbocycles. The average Bonchev–Trinajstić information content (AvgIpc) is 2.86. The monoisotopic (exact) mass is 192 g/mol. The largest absolute Gasteiger partial charge is 0.396 e. The van der Waals surface area contributed by atoms with Gasteiger partial charge in [0.2, 0.25) is 0 Å². The van der Waals surface area contributed by atoms with Crippen LogP contribution in [-0.2, 0) is 4.74 Å². The summed E-state index contributed by atoms with van der Waals surface area (Å²) < 4.78 is 5.37. The second kappa shape index (κ2) is 3.37. The number of methoxy groups -OCH3 is 1. The zero-order valence-corrected chi connectivity index (χ0v) is 8.60. The Kier molecular flexibility index (Phi) is 2.33. The highest BCUT2D eigenvalue weighted by Gasteiger charge is 2.62. The summed E-state index contributed by atoms with van der Waals surface area (Å²) in [6.07, 6.45) is 0.162. The lowest BCUT2D eigenvalue weighted by atomic mass is 10.0. The van der Waals surface area contributed by atoms with Gasteiger partial charge in [-0.15, -0.1) is 0 Å². The molecule has 0 radical (unpaired) electrons. The normalized spacial score (nSPS) is 35.6. The number of rotatable bonds is 3. The van der Waals surface area contributed by atoms with Crippen LogP contribution in [0.3, 0.4) is 0 Å². The lowest BCUT2D eigenvalue weighted by Crippen LogP contribution is -2.08. The fourth-order valence-electron chi connectivity index (χ4n) is 2.33. The lowest BCUT2D eigenvalue weighted by Gasteiger charge is -2.05. The molecular weight excluding hydrogens is 176 g/mol. The minimum atomic E-state index is -0.0872. The Morgan fingerprint density at radius 1 is 1.36 bits per heavy atom. The highest BCUT2D eigenvalue weighted by Crippen LogP contribution is 2.60. The maximum absolute atomic E-state index is 9.32. The van der Waals surface area contributed by atoms with Gasteiger partial charge in [-0.1, -0.05) is 37.3 Å². The molecule has 2 nitrogen and oxygen atoms in total. The van der Waals surface area contributed by atoms with Gasteiger partial charge in [0.1, 0.15) is 0 Å². The Hall–Kier alpha value is -0.860. The van der Waals surface area contributed by atoms with E-state index in [1.165, 1.54) is 5.56 Å². The van der Waals surface area contributed by atoms with Crippen LogP contribution >= 0.6 is 0 Å². The number of aliphatic hydroxyl groups is 1. The van der Waals surface area contributed by atoms with E-state index >= 15 is 0 Å². The number of aliphatic hydroxyl groups excluding tert-OH is 1. The second-order valence-electron chi connectivity index (χ2n) is 4.21. The molecule has 2 rings (SSSR count). The van der Waals surface area contributed by atoms with E-state index in [9.17, 15) is 5.11 Å². The van der Waals surface area contributed by atoms with Crippen molar-refractivity contribution in [2.75, 3.05) is 13.7 Å². The van der Waals surface area contributed by atoms with Crippen LogP contribution in [0.25, 0.3) is 0 Å². The van der Waals surface area contributed by atoms with Gasteiger partial charge in [-0.2, -0.15) is 0 Å². The highest BCUT2D eigenvalue weighted by molar-refractivity contribution is 5.33. The van der Waals surface area contributed by atoms with Crippen molar-refractivity contribution in [3.05, 3.63) is 35.9 Å². The molecule has 0 aromatic heterocycles. The number of ether oxygens (including phenoxy) is 1. The van der Waals surface area contributed by atoms with Crippen LogP contribution in [0.2, 0.25) is 0 Å². The molecule has 0 bridgehead atoms. The zero-order valence-electron chi connectivity index (χ0n) is 8.60. The van der Waals surface area contributed by atoms with Crippen LogP contribution in [0.1, 0.15) is 18.4 Å². The Labute approximate surface area is 84.5 Å². The van der Waals surface area contributed by atoms with Crippen LogP contribution in [0.4, 0.5) is 0 Å². The predicted molar refractivity (Wildman–Crippen MR) is 55.2 cm³/mol. The maximum Gasteiger partial charge on any atom is 0.0729 e. The van der Waals surface area contributed by atoms with Crippen molar-refractivity contribution < 1.29 is 9.84 Å². The van der Waals surface area contributed by atoms with Crippen molar-refractivity contribution in [3.8, 4) is 0 Å². The molecule has 1 N–H and O–H groups in total. The minimum Gasteiger partial charge on any atom is -0.396 e. The summed E-state index contributed by atoms with van der Waals surface area (Å²) in [6.45, 7) is 2.25. The van der Waals surface area contributed by atoms with Crippen molar-refractivity contribution in [3.63, 3.8) is 0 Å². The van der Waals surface area contributed by atoms with Crippen molar-refractivity contribution in [1.29, 1.82) is 0 Å². The summed E-state index contributed by atoms with van der Waals surface area (Å²) >= 11 is 0. The minimum absolute atomic E-state index is 0.0872. The molecule has 1 fully saturated rings. The topological polar surface area (TPSA) is 29.5 Å². The first-order valence-electron chi connectivity index (χ1n) is 4.92. The third-order valence-electron chi connectivity index (χ3n) is 3.31. The Morgan fingerprint density at radius 3 is 2.43 bits per heavy atom. The molecule has 0 amide bonds. The van der Waals surface area contributed by atoms with Crippen LogP contribution in [0.5, 0.6) is 0 Å². The summed E-state index contributed by atoms with van der Waals surface area (Å²) in [5.74, 6) is 0.346. The van der Waals surface area contributed by atoms with Gasteiger partial charge < -0.3 is 9.84 Å². The molecule has 1 aliphatic rings. The van der Waals surface area contributed by atoms with Crippen molar-refractivity contribution >= 4 is 0 Å². The molecule has 0 saturated heterocycles. The summed E-state index contributed by atoms with van der Waals surface area (Å²) in [5, 5.41) is 9.32. The molecule has 1 aromatic rings. The smallest absolute Gasteiger partial charge is 0.0729 e. The van der Waals surface area contributed by atoms with Gasteiger partial charge in [-0.3, -0.25) is 0 Å². The molecule has 14 heavy (non-hydrogen) atoms. The van der Waals surface area contributed by atoms with Crippen molar-refractivity contribution in [1.82, 2.24) is 0 Å². The highest BCUT2D eigenvalue weighted by atomic mass is 16.5. The second-order valence-corrected chi connectivity index (χ2v) is 4.21. The van der Waals surface area contributed by atoms with Crippen LogP contribution in [0.15, 0.2) is 30.3 Å². The van der Waals surface area contributed by atoms with Crippen molar-refractivity contribution in [2.45, 2.75) is 18.9 Å². The quantitative estimate of drug-likeness (QED) is 0.791. The van der Waals surface area contributed by atoms with Gasteiger partial charge in [0.05, 0.1) is 12.7 Å². The van der Waals surface area contributed by atoms with Gasteiger partial charge in [0.15, 0.2) is 0 Å². The van der Waals surface area contributed by atoms with Crippen LogP contribution in [0, 0.1) is 5.41 Å². The molecule has 3 atom stereocenters. The molecule has 3 unspecified atom stereocenters. The molecule has 0 aliphatic heterocycles. The summed E-state index contributed by atoms with van der Waals surface area (Å²) in [7, 11) is 1.71. The summed E-state index contributed by atoms with van der Waals surface area (Å²) in [6, 6.07) is 10.2. The Morgan fingerprint density at radius 2 is 2.00 bits per heavy atom. The number of hydrogen-bond acceptors (Lipinski definition) is 2. The predicted octanol–water partition coefficient (Wildman–Crippen LogP) is 1.80. The van der Waals surface area contributed by atoms with E-state index in [-0.39, 0.29) is 18.1 Å². The van der Waals surface area contributed by atoms with E-state index in [1.807, 2.05) is 18.2 Å². The first-order chi connectivity index (χ1) is 6.74. The van der Waals surface area contributed by atoms with E-state index < -0.39 is 0 Å². The van der Waals surface area contributed by atoms with Gasteiger partial charge in [-0.05, 0) is 5.56 Å². The lowest BCUT2D eigenvalue weighted by molar-refractivity contribution is 0.115. The van der Waals surface area contributed by atoms with Gasteiger partial charge in [-0.25, -0.2) is 0 Å². The van der Waals surface area contributed by atoms with Gasteiger partial charge in [0, 0.05) is 18.4 Å². The Balaban J connectivity index is 2.22. The molecule has 76 valence electrons. The van der Waals surface area contributed by atoms with E-state index in [2.05, 4.69) is 19.1 Å². The van der Waals surface area contributed by atoms with Crippen LogP contribution in [-0.4, -0.2) is 24.9 Å². The molecule has 1 aromatic carbocycles. The number of hydrogen-bond donors (Lipinski definition) is 1. The van der Waals surface area contributed by atoms with E-state index in [0.29, 0.717) is 5.92 Å². The summed E-state index contributed by atoms with van der Waals surface area (Å²) in [4.78, 5) is 0. The zero-order chi connectivity index (χ0) is 10.2. The fraction of sp³-hybridized carbons (Fsp3) is 0.500. The fourth-order valence-corrected chi connectivity index (χ4v) is 2.33. The first-order valence-corrected chi connectivity index (χ1v) is 4.92. The first kappa shape index (κ1) is 9.69. The molecule has 2 heteroatoms. The van der Waals surface area contributed by atoms with Gasteiger partial charge in [0.25, 0.3) is 0 Å². The average molecular weight is 192 g/mol. The molecule has 1 aliphatic carbocycles. The van der Waals surface area contributed by atoms with E-state index in [4.69, 9.17) is 4.74 Å².